The summed E-state index contributed by atoms with van der Waals surface area (Å²) in [4.78, 5) is 13.8. The number of ether oxygens (including phenoxy) is 2. The van der Waals surface area contributed by atoms with E-state index in [1.807, 2.05) is 36.0 Å². The highest BCUT2D eigenvalue weighted by molar-refractivity contribution is 9.10. The van der Waals surface area contributed by atoms with Crippen LogP contribution in [0.2, 0.25) is 0 Å². The summed E-state index contributed by atoms with van der Waals surface area (Å²) in [7, 11) is 3.18. The lowest BCUT2D eigenvalue weighted by molar-refractivity contribution is -0.121. The summed E-state index contributed by atoms with van der Waals surface area (Å²) >= 11 is 5.36. The number of halogens is 1. The van der Waals surface area contributed by atoms with Crippen molar-refractivity contribution in [3.8, 4) is 11.5 Å². The number of carbonyl (C=O) groups excluding carboxylic acids is 1. The van der Waals surface area contributed by atoms with Gasteiger partial charge in [0.1, 0.15) is 0 Å². The largest absolute Gasteiger partial charge is 0.493 e. The first-order valence-electron chi connectivity index (χ1n) is 8.04. The van der Waals surface area contributed by atoms with Crippen molar-refractivity contribution in [1.82, 2.24) is 5.32 Å². The van der Waals surface area contributed by atoms with Crippen molar-refractivity contribution in [2.24, 2.45) is 0 Å². The molecule has 1 atom stereocenters. The number of methoxy groups -OCH3 is 2. The van der Waals surface area contributed by atoms with Gasteiger partial charge >= 0.3 is 0 Å². The zero-order chi connectivity index (χ0) is 17.8. The molecule has 0 radical (unpaired) electrons. The zero-order valence-corrected chi connectivity index (χ0v) is 16.6. The van der Waals surface area contributed by atoms with Crippen LogP contribution in [0.4, 0.5) is 0 Å². The van der Waals surface area contributed by atoms with E-state index in [9.17, 15) is 4.79 Å². The summed E-state index contributed by atoms with van der Waals surface area (Å²) < 4.78 is 11.4. The van der Waals surface area contributed by atoms with Crippen LogP contribution in [0.5, 0.6) is 11.5 Å². The SMILES string of the molecule is COc1cc(Br)c(CC(=O)NC2CCSc3ccccc32)cc1OC. The fourth-order valence-electron chi connectivity index (χ4n) is 2.94. The molecule has 0 saturated heterocycles. The maximum atomic E-state index is 12.6. The molecule has 0 saturated carbocycles. The highest BCUT2D eigenvalue weighted by Crippen LogP contribution is 2.36. The molecular formula is C19H20BrNO3S. The summed E-state index contributed by atoms with van der Waals surface area (Å²) in [5.41, 5.74) is 2.08. The van der Waals surface area contributed by atoms with Gasteiger partial charge in [-0.1, -0.05) is 34.1 Å². The third-order valence-corrected chi connectivity index (χ3v) is 6.06. The summed E-state index contributed by atoms with van der Waals surface area (Å²) in [6.45, 7) is 0. The number of rotatable bonds is 5. The predicted octanol–water partition coefficient (Wildman–Crippen LogP) is 4.36. The summed E-state index contributed by atoms with van der Waals surface area (Å²) in [5.74, 6) is 2.27. The van der Waals surface area contributed by atoms with Crippen LogP contribution in [0.3, 0.4) is 0 Å². The van der Waals surface area contributed by atoms with Gasteiger partial charge in [0.2, 0.25) is 5.91 Å². The van der Waals surface area contributed by atoms with Gasteiger partial charge in [0.15, 0.2) is 11.5 Å². The molecule has 25 heavy (non-hydrogen) atoms. The average molecular weight is 422 g/mol. The quantitative estimate of drug-likeness (QED) is 0.778. The predicted molar refractivity (Wildman–Crippen MR) is 104 cm³/mol. The van der Waals surface area contributed by atoms with Crippen LogP contribution in [-0.2, 0) is 11.2 Å². The number of carbonyl (C=O) groups is 1. The molecule has 2 aromatic carbocycles. The van der Waals surface area contributed by atoms with Crippen LogP contribution in [0.15, 0.2) is 45.8 Å². The van der Waals surface area contributed by atoms with Crippen molar-refractivity contribution in [1.29, 1.82) is 0 Å². The minimum atomic E-state index is -0.000349. The van der Waals surface area contributed by atoms with E-state index in [-0.39, 0.29) is 18.4 Å². The Hall–Kier alpha value is -1.66. The Morgan fingerprint density at radius 1 is 1.24 bits per heavy atom. The molecule has 0 aliphatic carbocycles. The molecule has 1 aliphatic heterocycles. The van der Waals surface area contributed by atoms with Gasteiger partial charge in [-0.15, -0.1) is 11.8 Å². The first kappa shape index (κ1) is 18.1. The zero-order valence-electron chi connectivity index (χ0n) is 14.2. The van der Waals surface area contributed by atoms with Gasteiger partial charge in [0, 0.05) is 15.1 Å². The molecule has 4 nitrogen and oxygen atoms in total. The van der Waals surface area contributed by atoms with E-state index in [4.69, 9.17) is 9.47 Å². The van der Waals surface area contributed by atoms with E-state index in [1.54, 1.807) is 14.2 Å². The molecule has 1 unspecified atom stereocenters. The Labute approximate surface area is 160 Å². The van der Waals surface area contributed by atoms with Crippen molar-refractivity contribution in [3.63, 3.8) is 0 Å². The van der Waals surface area contributed by atoms with E-state index in [0.717, 1.165) is 22.2 Å². The van der Waals surface area contributed by atoms with Crippen molar-refractivity contribution >= 4 is 33.6 Å². The summed E-state index contributed by atoms with van der Waals surface area (Å²) in [5, 5.41) is 3.17. The number of benzene rings is 2. The first-order chi connectivity index (χ1) is 12.1. The number of fused-ring (bicyclic) bond motifs is 1. The summed E-state index contributed by atoms with van der Waals surface area (Å²) in [6.07, 6.45) is 1.23. The molecule has 2 aromatic rings. The Morgan fingerprint density at radius 2 is 1.96 bits per heavy atom. The van der Waals surface area contributed by atoms with E-state index in [2.05, 4.69) is 33.4 Å². The minimum Gasteiger partial charge on any atom is -0.493 e. The fraction of sp³-hybridized carbons (Fsp3) is 0.316. The highest BCUT2D eigenvalue weighted by Gasteiger charge is 2.22. The monoisotopic (exact) mass is 421 g/mol. The van der Waals surface area contributed by atoms with E-state index in [1.165, 1.54) is 10.5 Å². The molecule has 6 heteroatoms. The van der Waals surface area contributed by atoms with Crippen molar-refractivity contribution < 1.29 is 14.3 Å². The fourth-order valence-corrected chi connectivity index (χ4v) is 4.53. The lowest BCUT2D eigenvalue weighted by atomic mass is 10.0. The molecule has 0 aromatic heterocycles. The van der Waals surface area contributed by atoms with Gasteiger partial charge in [0.25, 0.3) is 0 Å². The molecule has 0 spiro atoms. The Bertz CT molecular complexity index is 781. The lowest BCUT2D eigenvalue weighted by Crippen LogP contribution is -2.31. The van der Waals surface area contributed by atoms with E-state index in [0.29, 0.717) is 11.5 Å². The number of hydrogen-bond acceptors (Lipinski definition) is 4. The van der Waals surface area contributed by atoms with Gasteiger partial charge in [-0.2, -0.15) is 0 Å². The van der Waals surface area contributed by atoms with E-state index < -0.39 is 0 Å². The smallest absolute Gasteiger partial charge is 0.224 e. The molecule has 1 aliphatic rings. The third kappa shape index (κ3) is 4.12. The number of thioether (sulfide) groups is 1. The van der Waals surface area contributed by atoms with E-state index >= 15 is 0 Å². The van der Waals surface area contributed by atoms with Crippen LogP contribution in [0, 0.1) is 0 Å². The molecule has 0 bridgehead atoms. The molecule has 1 heterocycles. The highest BCUT2D eigenvalue weighted by atomic mass is 79.9. The van der Waals surface area contributed by atoms with Gasteiger partial charge in [-0.3, -0.25) is 4.79 Å². The summed E-state index contributed by atoms with van der Waals surface area (Å²) in [6, 6.07) is 12.0. The van der Waals surface area contributed by atoms with Crippen LogP contribution in [-0.4, -0.2) is 25.9 Å². The van der Waals surface area contributed by atoms with Crippen LogP contribution in [0.25, 0.3) is 0 Å². The third-order valence-electron chi connectivity index (χ3n) is 4.20. The van der Waals surface area contributed by atoms with Crippen LogP contribution in [0.1, 0.15) is 23.6 Å². The maximum absolute atomic E-state index is 12.6. The van der Waals surface area contributed by atoms with Crippen LogP contribution >= 0.6 is 27.7 Å². The second-order valence-corrected chi connectivity index (χ2v) is 7.76. The molecular weight excluding hydrogens is 402 g/mol. The van der Waals surface area contributed by atoms with Gasteiger partial charge in [-0.05, 0) is 35.7 Å². The van der Waals surface area contributed by atoms with Crippen LogP contribution < -0.4 is 14.8 Å². The second kappa shape index (κ2) is 8.15. The number of amides is 1. The van der Waals surface area contributed by atoms with Crippen molar-refractivity contribution in [2.75, 3.05) is 20.0 Å². The normalized spacial score (nSPS) is 16.0. The first-order valence-corrected chi connectivity index (χ1v) is 9.81. The molecule has 132 valence electrons. The molecule has 0 fully saturated rings. The maximum Gasteiger partial charge on any atom is 0.224 e. The van der Waals surface area contributed by atoms with Gasteiger partial charge < -0.3 is 14.8 Å². The standard InChI is InChI=1S/C19H20BrNO3S/c1-23-16-9-12(14(20)11-17(16)24-2)10-19(22)21-15-7-8-25-18-6-4-3-5-13(15)18/h3-6,9,11,15H,7-8,10H2,1-2H3,(H,21,22). The average Bonchev–Trinajstić information content (AvgIpc) is 2.63. The number of hydrogen-bond donors (Lipinski definition) is 1. The molecule has 3 rings (SSSR count). The van der Waals surface area contributed by atoms with Gasteiger partial charge in [-0.25, -0.2) is 0 Å². The van der Waals surface area contributed by atoms with Gasteiger partial charge in [0.05, 0.1) is 26.7 Å². The van der Waals surface area contributed by atoms with Crippen molar-refractivity contribution in [2.45, 2.75) is 23.8 Å². The number of nitrogens with one attached hydrogen (secondary N) is 1. The second-order valence-electron chi connectivity index (χ2n) is 5.77. The Morgan fingerprint density at radius 3 is 2.72 bits per heavy atom. The lowest BCUT2D eigenvalue weighted by Gasteiger charge is -2.26. The molecule has 1 N–H and O–H groups in total. The Kier molecular flexibility index (Phi) is 5.91. The van der Waals surface area contributed by atoms with Crippen molar-refractivity contribution in [3.05, 3.63) is 52.0 Å². The Balaban J connectivity index is 1.74. The topological polar surface area (TPSA) is 47.6 Å². The molecule has 1 amide bonds. The minimum absolute atomic E-state index is 0.000349.